The van der Waals surface area contributed by atoms with E-state index in [4.69, 9.17) is 10.5 Å². The summed E-state index contributed by atoms with van der Waals surface area (Å²) in [5, 5.41) is 2.51. The first-order valence-corrected chi connectivity index (χ1v) is 6.91. The van der Waals surface area contributed by atoms with E-state index >= 15 is 0 Å². The Morgan fingerprint density at radius 2 is 1.96 bits per heavy atom. The van der Waals surface area contributed by atoms with Crippen molar-refractivity contribution in [2.75, 3.05) is 12.3 Å². The van der Waals surface area contributed by atoms with E-state index < -0.39 is 23.4 Å². The van der Waals surface area contributed by atoms with Gasteiger partial charge in [0.25, 0.3) is 0 Å². The van der Waals surface area contributed by atoms with Crippen LogP contribution in [0.4, 0.5) is 23.7 Å². The highest BCUT2D eigenvalue weighted by Crippen LogP contribution is 2.33. The lowest BCUT2D eigenvalue weighted by Crippen LogP contribution is -2.32. The van der Waals surface area contributed by atoms with Crippen LogP contribution in [-0.2, 0) is 10.9 Å². The van der Waals surface area contributed by atoms with E-state index in [2.05, 4.69) is 17.2 Å². The smallest absolute Gasteiger partial charge is 0.418 e. The molecule has 0 bridgehead atoms. The first-order chi connectivity index (χ1) is 10.5. The number of nitrogens with two attached hydrogens (primary N) is 1. The molecule has 126 valence electrons. The molecule has 0 aliphatic carbocycles. The number of rotatable bonds is 2. The van der Waals surface area contributed by atoms with Gasteiger partial charge in [-0.15, -0.1) is 0 Å². The number of ether oxygens (including phenoxy) is 1. The minimum absolute atomic E-state index is 0.212. The van der Waals surface area contributed by atoms with Crippen LogP contribution in [-0.4, -0.2) is 18.2 Å². The molecule has 0 aromatic heterocycles. The Balaban J connectivity index is 2.56. The third-order valence-corrected chi connectivity index (χ3v) is 2.51. The van der Waals surface area contributed by atoms with Gasteiger partial charge in [0.15, 0.2) is 0 Å². The lowest BCUT2D eigenvalue weighted by Gasteiger charge is -2.19. The van der Waals surface area contributed by atoms with Crippen molar-refractivity contribution in [3.63, 3.8) is 0 Å². The Bertz CT molecular complexity index is 623. The maximum absolute atomic E-state index is 12.7. The van der Waals surface area contributed by atoms with Crippen LogP contribution in [0, 0.1) is 11.8 Å². The second-order valence-electron chi connectivity index (χ2n) is 5.78. The molecule has 0 heterocycles. The molecular formula is C16H19F3N2O2. The minimum Gasteiger partial charge on any atom is -0.444 e. The highest BCUT2D eigenvalue weighted by molar-refractivity contribution is 5.67. The molecule has 1 aromatic carbocycles. The first-order valence-electron chi connectivity index (χ1n) is 6.91. The molecular weight excluding hydrogens is 309 g/mol. The van der Waals surface area contributed by atoms with Gasteiger partial charge < -0.3 is 15.8 Å². The van der Waals surface area contributed by atoms with Crippen LogP contribution in [0.2, 0.25) is 0 Å². The molecule has 0 radical (unpaired) electrons. The predicted octanol–water partition coefficient (Wildman–Crippen LogP) is 3.55. The highest BCUT2D eigenvalue weighted by Gasteiger charge is 2.32. The number of amides is 1. The van der Waals surface area contributed by atoms with Gasteiger partial charge in [0.1, 0.15) is 5.60 Å². The summed E-state index contributed by atoms with van der Waals surface area (Å²) < 4.78 is 43.2. The van der Waals surface area contributed by atoms with Gasteiger partial charge in [-0.25, -0.2) is 4.79 Å². The van der Waals surface area contributed by atoms with Gasteiger partial charge in [0.05, 0.1) is 5.56 Å². The van der Waals surface area contributed by atoms with E-state index in [1.54, 1.807) is 20.8 Å². The van der Waals surface area contributed by atoms with E-state index in [0.29, 0.717) is 0 Å². The Morgan fingerprint density at radius 1 is 1.30 bits per heavy atom. The maximum atomic E-state index is 12.7. The van der Waals surface area contributed by atoms with Crippen molar-refractivity contribution in [3.05, 3.63) is 29.3 Å². The summed E-state index contributed by atoms with van der Waals surface area (Å²) in [4.78, 5) is 11.4. The summed E-state index contributed by atoms with van der Waals surface area (Å²) in [5.41, 5.74) is 3.68. The fourth-order valence-electron chi connectivity index (χ4n) is 1.59. The molecule has 0 aliphatic heterocycles. The highest BCUT2D eigenvalue weighted by atomic mass is 19.4. The standard InChI is InChI=1S/C16H19F3N2O2/c1-15(2,3)23-14(22)21-9-5-4-6-11-7-8-13(20)12(10-11)16(17,18)19/h7-8,10H,5,9,20H2,1-3H3,(H,21,22). The number of hydrogen-bond donors (Lipinski definition) is 2. The number of alkyl halides is 3. The number of carbonyl (C=O) groups is 1. The summed E-state index contributed by atoms with van der Waals surface area (Å²) in [5.74, 6) is 5.30. The molecule has 0 fully saturated rings. The van der Waals surface area contributed by atoms with E-state index in [1.165, 1.54) is 12.1 Å². The van der Waals surface area contributed by atoms with E-state index in [1.807, 2.05) is 0 Å². The Labute approximate surface area is 133 Å². The van der Waals surface area contributed by atoms with Crippen LogP contribution in [0.15, 0.2) is 18.2 Å². The quantitative estimate of drug-likeness (QED) is 0.496. The largest absolute Gasteiger partial charge is 0.444 e. The normalized spacial score (nSPS) is 11.4. The van der Waals surface area contributed by atoms with Crippen LogP contribution in [0.1, 0.15) is 38.3 Å². The van der Waals surface area contributed by atoms with E-state index in [9.17, 15) is 18.0 Å². The summed E-state index contributed by atoms with van der Waals surface area (Å²) in [6.07, 6.45) is -4.79. The zero-order valence-electron chi connectivity index (χ0n) is 13.2. The Morgan fingerprint density at radius 3 is 2.52 bits per heavy atom. The van der Waals surface area contributed by atoms with Crippen molar-refractivity contribution < 1.29 is 22.7 Å². The molecule has 3 N–H and O–H groups in total. The molecule has 0 atom stereocenters. The van der Waals surface area contributed by atoms with Crippen LogP contribution < -0.4 is 11.1 Å². The van der Waals surface area contributed by atoms with Gasteiger partial charge in [0, 0.05) is 24.2 Å². The molecule has 0 aliphatic rings. The summed E-state index contributed by atoms with van der Waals surface area (Å²) in [6, 6.07) is 3.49. The number of nitrogen functional groups attached to an aromatic ring is 1. The van der Waals surface area contributed by atoms with Crippen molar-refractivity contribution in [1.82, 2.24) is 5.32 Å². The zero-order valence-corrected chi connectivity index (χ0v) is 13.2. The fraction of sp³-hybridized carbons (Fsp3) is 0.438. The third kappa shape index (κ3) is 6.96. The number of anilines is 1. The Kier molecular flexibility index (Phi) is 5.91. The number of alkyl carbamates (subject to hydrolysis) is 1. The van der Waals surface area contributed by atoms with Crippen molar-refractivity contribution in [3.8, 4) is 11.8 Å². The minimum atomic E-state index is -4.51. The molecule has 0 spiro atoms. The zero-order chi connectivity index (χ0) is 17.7. The predicted molar refractivity (Wildman–Crippen MR) is 81.6 cm³/mol. The van der Waals surface area contributed by atoms with Crippen molar-refractivity contribution in [2.45, 2.75) is 39.0 Å². The molecule has 0 unspecified atom stereocenters. The van der Waals surface area contributed by atoms with Crippen LogP contribution in [0.5, 0.6) is 0 Å². The van der Waals surface area contributed by atoms with Gasteiger partial charge in [0.2, 0.25) is 0 Å². The Hall–Kier alpha value is -2.36. The van der Waals surface area contributed by atoms with Gasteiger partial charge in [-0.3, -0.25) is 0 Å². The molecule has 23 heavy (non-hydrogen) atoms. The summed E-state index contributed by atoms with van der Waals surface area (Å²) >= 11 is 0. The second-order valence-corrected chi connectivity index (χ2v) is 5.78. The lowest BCUT2D eigenvalue weighted by molar-refractivity contribution is -0.136. The van der Waals surface area contributed by atoms with Crippen LogP contribution in [0.3, 0.4) is 0 Å². The topological polar surface area (TPSA) is 64.3 Å². The second kappa shape index (κ2) is 7.27. The molecule has 7 heteroatoms. The number of nitrogens with one attached hydrogen (secondary N) is 1. The van der Waals surface area contributed by atoms with Crippen molar-refractivity contribution >= 4 is 11.8 Å². The molecule has 4 nitrogen and oxygen atoms in total. The number of halogens is 3. The number of hydrogen-bond acceptors (Lipinski definition) is 3. The number of carbonyl (C=O) groups excluding carboxylic acids is 1. The molecule has 1 aromatic rings. The molecule has 1 amide bonds. The monoisotopic (exact) mass is 328 g/mol. The average Bonchev–Trinajstić information content (AvgIpc) is 2.36. The van der Waals surface area contributed by atoms with Crippen LogP contribution >= 0.6 is 0 Å². The lowest BCUT2D eigenvalue weighted by atomic mass is 10.1. The van der Waals surface area contributed by atoms with Gasteiger partial charge in [-0.1, -0.05) is 11.8 Å². The first kappa shape index (κ1) is 18.7. The molecule has 0 saturated carbocycles. The maximum Gasteiger partial charge on any atom is 0.418 e. The number of benzene rings is 1. The molecule has 1 rings (SSSR count). The third-order valence-electron chi connectivity index (χ3n) is 2.51. The summed E-state index contributed by atoms with van der Waals surface area (Å²) in [7, 11) is 0. The van der Waals surface area contributed by atoms with Gasteiger partial charge in [-0.2, -0.15) is 13.2 Å². The summed E-state index contributed by atoms with van der Waals surface area (Å²) in [6.45, 7) is 5.46. The molecule has 0 saturated heterocycles. The van der Waals surface area contributed by atoms with Crippen molar-refractivity contribution in [1.29, 1.82) is 0 Å². The SMILES string of the molecule is CC(C)(C)OC(=O)NCCC#Cc1ccc(N)c(C(F)(F)F)c1. The average molecular weight is 328 g/mol. The van der Waals surface area contributed by atoms with E-state index in [-0.39, 0.29) is 24.2 Å². The fourth-order valence-corrected chi connectivity index (χ4v) is 1.59. The van der Waals surface area contributed by atoms with Gasteiger partial charge >= 0.3 is 12.3 Å². The van der Waals surface area contributed by atoms with Crippen molar-refractivity contribution in [2.24, 2.45) is 0 Å². The van der Waals surface area contributed by atoms with E-state index in [0.717, 1.165) is 6.07 Å². The van der Waals surface area contributed by atoms with Crippen LogP contribution in [0.25, 0.3) is 0 Å². The van der Waals surface area contributed by atoms with Gasteiger partial charge in [-0.05, 0) is 39.0 Å².